The van der Waals surface area contributed by atoms with Crippen molar-refractivity contribution in [3.05, 3.63) is 52.7 Å². The lowest BCUT2D eigenvalue weighted by atomic mass is 10.0. The monoisotopic (exact) mass is 290 g/mol. The summed E-state index contributed by atoms with van der Waals surface area (Å²) in [6.07, 6.45) is 0.301. The fraction of sp³-hybridized carbons (Fsp3) is 0.438. The second-order valence-corrected chi connectivity index (χ2v) is 5.69. The van der Waals surface area contributed by atoms with Gasteiger partial charge < -0.3 is 9.63 Å². The second kappa shape index (κ2) is 5.58. The van der Waals surface area contributed by atoms with Crippen LogP contribution in [0.4, 0.5) is 4.39 Å². The minimum Gasteiger partial charge on any atom is -0.392 e. The second-order valence-electron chi connectivity index (χ2n) is 5.69. The number of halogens is 1. The summed E-state index contributed by atoms with van der Waals surface area (Å²) in [5, 5.41) is 14.0. The number of aryl methyl sites for hydroxylation is 2. The molecule has 5 heteroatoms. The van der Waals surface area contributed by atoms with Crippen molar-refractivity contribution in [2.75, 3.05) is 6.54 Å². The molecule has 21 heavy (non-hydrogen) atoms. The summed E-state index contributed by atoms with van der Waals surface area (Å²) in [6.45, 7) is 5.10. The summed E-state index contributed by atoms with van der Waals surface area (Å²) in [6, 6.07) is 6.60. The number of hydrogen-bond acceptors (Lipinski definition) is 4. The number of rotatable bonds is 3. The van der Waals surface area contributed by atoms with E-state index in [4.69, 9.17) is 4.52 Å². The first kappa shape index (κ1) is 14.2. The first-order valence-electron chi connectivity index (χ1n) is 7.14. The Morgan fingerprint density at radius 1 is 1.33 bits per heavy atom. The van der Waals surface area contributed by atoms with Gasteiger partial charge in [-0.1, -0.05) is 17.3 Å². The molecule has 1 aromatic carbocycles. The van der Waals surface area contributed by atoms with Crippen LogP contribution in [0.5, 0.6) is 0 Å². The molecule has 2 atom stereocenters. The average Bonchev–Trinajstić information content (AvgIpc) is 2.97. The molecule has 1 aliphatic rings. The van der Waals surface area contributed by atoms with Crippen molar-refractivity contribution < 1.29 is 14.0 Å². The Hall–Kier alpha value is -1.72. The average molecular weight is 290 g/mol. The maximum atomic E-state index is 13.1. The van der Waals surface area contributed by atoms with Crippen LogP contribution in [-0.4, -0.2) is 27.8 Å². The van der Waals surface area contributed by atoms with Crippen LogP contribution in [0.2, 0.25) is 0 Å². The van der Waals surface area contributed by atoms with Gasteiger partial charge in [-0.2, -0.15) is 0 Å². The van der Waals surface area contributed by atoms with Gasteiger partial charge in [0, 0.05) is 24.7 Å². The van der Waals surface area contributed by atoms with Gasteiger partial charge in [-0.05, 0) is 38.0 Å². The van der Waals surface area contributed by atoms with Gasteiger partial charge >= 0.3 is 0 Å². The molecule has 0 bridgehead atoms. The van der Waals surface area contributed by atoms with Gasteiger partial charge in [0.25, 0.3) is 0 Å². The molecule has 2 aromatic rings. The van der Waals surface area contributed by atoms with Gasteiger partial charge in [0.15, 0.2) is 0 Å². The van der Waals surface area contributed by atoms with Gasteiger partial charge in [-0.25, -0.2) is 4.39 Å². The zero-order chi connectivity index (χ0) is 15.0. The quantitative estimate of drug-likeness (QED) is 0.944. The zero-order valence-corrected chi connectivity index (χ0v) is 12.2. The Labute approximate surface area is 123 Å². The maximum Gasteiger partial charge on any atom is 0.138 e. The van der Waals surface area contributed by atoms with Gasteiger partial charge in [0.05, 0.1) is 11.8 Å². The number of nitrogens with zero attached hydrogens (tertiary/aromatic N) is 2. The van der Waals surface area contributed by atoms with Crippen LogP contribution >= 0.6 is 0 Å². The number of aliphatic hydroxyl groups is 1. The highest BCUT2D eigenvalue weighted by Gasteiger charge is 2.33. The predicted octanol–water partition coefficient (Wildman–Crippen LogP) is 2.74. The number of benzene rings is 1. The molecule has 0 spiro atoms. The Bertz CT molecular complexity index is 604. The van der Waals surface area contributed by atoms with Crippen molar-refractivity contribution in [2.45, 2.75) is 39.0 Å². The van der Waals surface area contributed by atoms with E-state index in [0.717, 1.165) is 22.6 Å². The van der Waals surface area contributed by atoms with E-state index in [9.17, 15) is 9.50 Å². The first-order valence-corrected chi connectivity index (χ1v) is 7.14. The van der Waals surface area contributed by atoms with Crippen LogP contribution in [0.15, 0.2) is 28.8 Å². The fourth-order valence-electron chi connectivity index (χ4n) is 3.02. The molecule has 0 aliphatic carbocycles. The molecule has 0 unspecified atom stereocenters. The molecule has 2 heterocycles. The molecule has 1 saturated heterocycles. The highest BCUT2D eigenvalue weighted by Crippen LogP contribution is 2.34. The van der Waals surface area contributed by atoms with E-state index in [0.29, 0.717) is 19.5 Å². The number of likely N-dealkylation sites (tertiary alicyclic amines) is 1. The Balaban J connectivity index is 1.84. The number of aromatic nitrogens is 1. The molecule has 112 valence electrons. The summed E-state index contributed by atoms with van der Waals surface area (Å²) < 4.78 is 18.3. The minimum atomic E-state index is -0.361. The summed E-state index contributed by atoms with van der Waals surface area (Å²) in [4.78, 5) is 2.20. The molecule has 1 aliphatic heterocycles. The molecule has 3 rings (SSSR count). The van der Waals surface area contributed by atoms with Gasteiger partial charge in [-0.15, -0.1) is 0 Å². The van der Waals surface area contributed by atoms with Crippen LogP contribution in [0.1, 0.15) is 35.0 Å². The lowest BCUT2D eigenvalue weighted by molar-refractivity contribution is 0.172. The Kier molecular flexibility index (Phi) is 3.78. The highest BCUT2D eigenvalue weighted by molar-refractivity contribution is 5.24. The summed E-state index contributed by atoms with van der Waals surface area (Å²) >= 11 is 0. The van der Waals surface area contributed by atoms with Crippen molar-refractivity contribution in [1.29, 1.82) is 0 Å². The van der Waals surface area contributed by atoms with E-state index in [-0.39, 0.29) is 18.0 Å². The van der Waals surface area contributed by atoms with E-state index in [1.165, 1.54) is 12.1 Å². The molecule has 0 radical (unpaired) electrons. The van der Waals surface area contributed by atoms with Crippen molar-refractivity contribution >= 4 is 0 Å². The van der Waals surface area contributed by atoms with Gasteiger partial charge in [-0.3, -0.25) is 4.90 Å². The Morgan fingerprint density at radius 2 is 2.05 bits per heavy atom. The Morgan fingerprint density at radius 3 is 2.67 bits per heavy atom. The van der Waals surface area contributed by atoms with Crippen molar-refractivity contribution in [2.24, 2.45) is 0 Å². The highest BCUT2D eigenvalue weighted by atomic mass is 19.1. The third kappa shape index (κ3) is 2.84. The third-order valence-electron chi connectivity index (χ3n) is 4.18. The van der Waals surface area contributed by atoms with Crippen molar-refractivity contribution in [3.8, 4) is 0 Å². The number of β-amino-alcohol motifs (C(OH)–C–C–N with tert-alkyl or cyclic N) is 1. The van der Waals surface area contributed by atoms with E-state index >= 15 is 0 Å². The lowest BCUT2D eigenvalue weighted by Crippen LogP contribution is -2.24. The zero-order valence-electron chi connectivity index (χ0n) is 12.2. The summed E-state index contributed by atoms with van der Waals surface area (Å²) in [5.41, 5.74) is 2.97. The SMILES string of the molecule is Cc1noc(C)c1CN1C[C@@H](O)C[C@@H]1c1ccc(F)cc1. The smallest absolute Gasteiger partial charge is 0.138 e. The summed E-state index contributed by atoms with van der Waals surface area (Å²) in [5.74, 6) is 0.571. The van der Waals surface area contributed by atoms with Crippen LogP contribution in [0.3, 0.4) is 0 Å². The van der Waals surface area contributed by atoms with Crippen LogP contribution in [-0.2, 0) is 6.54 Å². The molecule has 1 aromatic heterocycles. The normalized spacial score (nSPS) is 22.9. The topological polar surface area (TPSA) is 49.5 Å². The fourth-order valence-corrected chi connectivity index (χ4v) is 3.02. The van der Waals surface area contributed by atoms with E-state index in [1.807, 2.05) is 13.8 Å². The molecule has 1 N–H and O–H groups in total. The first-order chi connectivity index (χ1) is 10.0. The number of aliphatic hydroxyl groups excluding tert-OH is 1. The molecule has 1 fully saturated rings. The third-order valence-corrected chi connectivity index (χ3v) is 4.18. The van der Waals surface area contributed by atoms with Crippen LogP contribution in [0, 0.1) is 19.7 Å². The van der Waals surface area contributed by atoms with Crippen LogP contribution < -0.4 is 0 Å². The lowest BCUT2D eigenvalue weighted by Gasteiger charge is -2.24. The molecule has 0 amide bonds. The van der Waals surface area contributed by atoms with E-state index in [1.54, 1.807) is 12.1 Å². The summed E-state index contributed by atoms with van der Waals surface area (Å²) in [7, 11) is 0. The largest absolute Gasteiger partial charge is 0.392 e. The van der Waals surface area contributed by atoms with Crippen molar-refractivity contribution in [1.82, 2.24) is 10.1 Å². The number of hydrogen-bond donors (Lipinski definition) is 1. The minimum absolute atomic E-state index is 0.0919. The van der Waals surface area contributed by atoms with Gasteiger partial charge in [0.2, 0.25) is 0 Å². The predicted molar refractivity (Wildman–Crippen MR) is 76.2 cm³/mol. The van der Waals surface area contributed by atoms with Crippen LogP contribution in [0.25, 0.3) is 0 Å². The van der Waals surface area contributed by atoms with Crippen molar-refractivity contribution in [3.63, 3.8) is 0 Å². The maximum absolute atomic E-state index is 13.1. The molecule has 4 nitrogen and oxygen atoms in total. The van der Waals surface area contributed by atoms with E-state index in [2.05, 4.69) is 10.1 Å². The molecular weight excluding hydrogens is 271 g/mol. The van der Waals surface area contributed by atoms with E-state index < -0.39 is 0 Å². The molecule has 0 saturated carbocycles. The standard InChI is InChI=1S/C16H19FN2O2/c1-10-15(11(2)21-18-10)9-19-8-14(20)7-16(19)12-3-5-13(17)6-4-12/h3-6,14,16,20H,7-9H2,1-2H3/t14-,16+/m0/s1. The molecular formula is C16H19FN2O2. The van der Waals surface area contributed by atoms with Gasteiger partial charge in [0.1, 0.15) is 11.6 Å².